The minimum absolute atomic E-state index is 0.220. The number of hydrogen-bond acceptors (Lipinski definition) is 11. The van der Waals surface area contributed by atoms with Crippen LogP contribution in [0, 0.1) is 13.8 Å². The van der Waals surface area contributed by atoms with E-state index in [0.29, 0.717) is 13.1 Å². The summed E-state index contributed by atoms with van der Waals surface area (Å²) < 4.78 is 5.47. The zero-order valence-corrected chi connectivity index (χ0v) is 28.6. The molecule has 0 aliphatic carbocycles. The molecule has 2 aromatic carbocycles. The topological polar surface area (TPSA) is 99.6 Å². The van der Waals surface area contributed by atoms with E-state index < -0.39 is 5.60 Å². The molecule has 10 nitrogen and oxygen atoms in total. The van der Waals surface area contributed by atoms with Gasteiger partial charge in [-0.3, -0.25) is 9.80 Å². The normalized spacial score (nSPS) is 16.2. The number of rotatable bonds is 6. The molecule has 1 amide bonds. The van der Waals surface area contributed by atoms with Crippen LogP contribution in [0.2, 0.25) is 0 Å². The van der Waals surface area contributed by atoms with E-state index in [2.05, 4.69) is 85.8 Å². The molecular weight excluding hydrogens is 605 g/mol. The summed E-state index contributed by atoms with van der Waals surface area (Å²) in [5, 5.41) is 21.7. The van der Waals surface area contributed by atoms with E-state index in [1.807, 2.05) is 20.8 Å². The van der Waals surface area contributed by atoms with E-state index in [0.717, 1.165) is 67.9 Å². The summed E-state index contributed by atoms with van der Waals surface area (Å²) in [5.41, 5.74) is 10.6. The third-order valence-electron chi connectivity index (χ3n) is 7.73. The molecule has 4 heterocycles. The van der Waals surface area contributed by atoms with Gasteiger partial charge in [0.2, 0.25) is 0 Å². The highest BCUT2D eigenvalue weighted by atomic mass is 32.1. The Balaban J connectivity index is 0.000000186. The second-order valence-corrected chi connectivity index (χ2v) is 14.2. The Morgan fingerprint density at radius 3 is 1.71 bits per heavy atom. The Bertz CT molecular complexity index is 1510. The maximum absolute atomic E-state index is 12.2. The van der Waals surface area contributed by atoms with Crippen molar-refractivity contribution in [2.24, 2.45) is 0 Å². The van der Waals surface area contributed by atoms with Crippen LogP contribution in [0.1, 0.15) is 43.0 Å². The second kappa shape index (κ2) is 15.3. The van der Waals surface area contributed by atoms with E-state index in [4.69, 9.17) is 4.74 Å². The van der Waals surface area contributed by atoms with Gasteiger partial charge in [-0.05, 0) is 57.9 Å². The largest absolute Gasteiger partial charge is 0.444 e. The number of hydrogen-bond donors (Lipinski definition) is 1. The molecule has 45 heavy (non-hydrogen) atoms. The van der Waals surface area contributed by atoms with Gasteiger partial charge in [0, 0.05) is 76.6 Å². The molecule has 4 aromatic rings. The molecule has 1 N–H and O–H groups in total. The number of carbonyl (C=O) groups excluding carboxylic acids is 1. The lowest BCUT2D eigenvalue weighted by Gasteiger charge is -2.35. The first-order chi connectivity index (χ1) is 21.6. The van der Waals surface area contributed by atoms with Crippen molar-refractivity contribution >= 4 is 28.8 Å². The van der Waals surface area contributed by atoms with E-state index in [9.17, 15) is 4.79 Å². The number of benzene rings is 2. The van der Waals surface area contributed by atoms with Crippen LogP contribution in [0.5, 0.6) is 0 Å². The Morgan fingerprint density at radius 1 is 0.778 bits per heavy atom. The number of carbonyl (C=O) groups is 1. The minimum Gasteiger partial charge on any atom is -0.444 e. The molecule has 2 aliphatic heterocycles. The molecule has 2 fully saturated rings. The molecule has 0 unspecified atom stereocenters. The highest BCUT2D eigenvalue weighted by Crippen LogP contribution is 2.28. The van der Waals surface area contributed by atoms with Gasteiger partial charge >= 0.3 is 6.09 Å². The highest BCUT2D eigenvalue weighted by molar-refractivity contribution is 7.13. The molecule has 0 bridgehead atoms. The lowest BCUT2D eigenvalue weighted by Crippen LogP contribution is -2.49. The average molecular weight is 649 g/mol. The van der Waals surface area contributed by atoms with Gasteiger partial charge in [-0.2, -0.15) is 0 Å². The third kappa shape index (κ3) is 9.60. The fourth-order valence-corrected chi connectivity index (χ4v) is 6.61. The summed E-state index contributed by atoms with van der Waals surface area (Å²) in [6.07, 6.45) is -0.220. The number of piperazine rings is 2. The lowest BCUT2D eigenvalue weighted by atomic mass is 10.0. The Labute approximate surface area is 274 Å². The first-order valence-electron chi connectivity index (χ1n) is 15.5. The summed E-state index contributed by atoms with van der Waals surface area (Å²) in [4.78, 5) is 18.9. The van der Waals surface area contributed by atoms with Crippen molar-refractivity contribution in [2.45, 2.75) is 53.3 Å². The predicted molar refractivity (Wildman–Crippen MR) is 181 cm³/mol. The fourth-order valence-electron chi connectivity index (χ4n) is 5.40. The van der Waals surface area contributed by atoms with Crippen LogP contribution in [-0.4, -0.2) is 99.1 Å². The highest BCUT2D eigenvalue weighted by Gasteiger charge is 2.26. The minimum atomic E-state index is -0.452. The number of ether oxygens (including phenoxy) is 1. The maximum atomic E-state index is 12.2. The van der Waals surface area contributed by atoms with Crippen LogP contribution in [0.25, 0.3) is 21.1 Å². The van der Waals surface area contributed by atoms with Gasteiger partial charge in [0.25, 0.3) is 0 Å². The summed E-state index contributed by atoms with van der Waals surface area (Å²) >= 11 is 3.17. The van der Waals surface area contributed by atoms with Crippen LogP contribution < -0.4 is 5.32 Å². The molecular formula is C33H44N8O2S2. The van der Waals surface area contributed by atoms with Crippen LogP contribution >= 0.6 is 22.7 Å². The van der Waals surface area contributed by atoms with Gasteiger partial charge < -0.3 is 15.0 Å². The van der Waals surface area contributed by atoms with Crippen LogP contribution in [-0.2, 0) is 17.8 Å². The van der Waals surface area contributed by atoms with Gasteiger partial charge in [0.05, 0.1) is 0 Å². The molecule has 2 saturated heterocycles. The van der Waals surface area contributed by atoms with Crippen LogP contribution in [0.3, 0.4) is 0 Å². The monoisotopic (exact) mass is 648 g/mol. The Morgan fingerprint density at radius 2 is 1.27 bits per heavy atom. The fraction of sp³-hybridized carbons (Fsp3) is 0.485. The zero-order chi connectivity index (χ0) is 31.8. The number of amides is 1. The van der Waals surface area contributed by atoms with Crippen LogP contribution in [0.15, 0.2) is 47.4 Å². The van der Waals surface area contributed by atoms with E-state index in [-0.39, 0.29) is 6.09 Å². The van der Waals surface area contributed by atoms with Crippen molar-refractivity contribution in [1.82, 2.24) is 40.4 Å². The zero-order valence-electron chi connectivity index (χ0n) is 27.0. The van der Waals surface area contributed by atoms with Gasteiger partial charge in [0.15, 0.2) is 0 Å². The van der Waals surface area contributed by atoms with Crippen molar-refractivity contribution in [3.05, 3.63) is 69.7 Å². The van der Waals surface area contributed by atoms with E-state index in [1.165, 1.54) is 27.8 Å². The van der Waals surface area contributed by atoms with Crippen molar-refractivity contribution < 1.29 is 9.53 Å². The summed E-state index contributed by atoms with van der Waals surface area (Å²) in [6, 6.07) is 13.1. The van der Waals surface area contributed by atoms with E-state index in [1.54, 1.807) is 38.6 Å². The van der Waals surface area contributed by atoms with E-state index >= 15 is 0 Å². The third-order valence-corrected chi connectivity index (χ3v) is 9.18. The molecule has 0 atom stereocenters. The smallest absolute Gasteiger partial charge is 0.410 e. The molecule has 0 radical (unpaired) electrons. The lowest BCUT2D eigenvalue weighted by molar-refractivity contribution is 0.0139. The van der Waals surface area contributed by atoms with Crippen LogP contribution in [0.4, 0.5) is 4.79 Å². The molecule has 6 rings (SSSR count). The second-order valence-electron chi connectivity index (χ2n) is 12.6. The van der Waals surface area contributed by atoms with Gasteiger partial charge in [-0.1, -0.05) is 58.1 Å². The number of aromatic nitrogens is 4. The standard InChI is InChI=1S/C19H26N4O2S.C14H18N4S/c1-14-5-6-15(16(11-14)17-21-20-13-26-17)12-22-7-9-23(10-8-22)18(24)25-19(2,3)4;1-11-2-3-12(9-18-6-4-15-5-7-18)13(8-11)14-17-16-10-19-14/h5-6,11,13H,7-10,12H2,1-4H3;2-3,8,10,15H,4-7,9H2,1H3. The van der Waals surface area contributed by atoms with Gasteiger partial charge in [0.1, 0.15) is 26.6 Å². The molecule has 2 aliphatic rings. The van der Waals surface area contributed by atoms with Crippen molar-refractivity contribution in [3.63, 3.8) is 0 Å². The SMILES string of the molecule is Cc1ccc(CN2CCN(C(=O)OC(C)(C)C)CC2)c(-c2nncs2)c1.Cc1ccc(CN2CCNCC2)c(-c2nncs2)c1. The quantitative estimate of drug-likeness (QED) is 0.291. The molecule has 0 spiro atoms. The Hall–Kier alpha value is -3.29. The molecule has 12 heteroatoms. The number of nitrogens with zero attached hydrogens (tertiary/aromatic N) is 7. The number of aryl methyl sites for hydroxylation is 2. The van der Waals surface area contributed by atoms with Crippen molar-refractivity contribution in [1.29, 1.82) is 0 Å². The van der Waals surface area contributed by atoms with Crippen molar-refractivity contribution in [3.8, 4) is 21.1 Å². The first kappa shape index (κ1) is 33.1. The van der Waals surface area contributed by atoms with Gasteiger partial charge in [-0.15, -0.1) is 20.4 Å². The first-order valence-corrected chi connectivity index (χ1v) is 17.3. The maximum Gasteiger partial charge on any atom is 0.410 e. The number of nitrogens with one attached hydrogen (secondary N) is 1. The summed E-state index contributed by atoms with van der Waals surface area (Å²) in [7, 11) is 0. The average Bonchev–Trinajstić information content (AvgIpc) is 3.75. The molecule has 2 aromatic heterocycles. The Kier molecular flexibility index (Phi) is 11.3. The summed E-state index contributed by atoms with van der Waals surface area (Å²) in [5.74, 6) is 0. The summed E-state index contributed by atoms with van der Waals surface area (Å²) in [6.45, 7) is 19.2. The van der Waals surface area contributed by atoms with Gasteiger partial charge in [-0.25, -0.2) is 4.79 Å². The predicted octanol–water partition coefficient (Wildman–Crippen LogP) is 5.48. The molecule has 0 saturated carbocycles. The van der Waals surface area contributed by atoms with Crippen molar-refractivity contribution in [2.75, 3.05) is 52.4 Å². The molecule has 240 valence electrons.